The summed E-state index contributed by atoms with van der Waals surface area (Å²) in [6.45, 7) is 1.85. The van der Waals surface area contributed by atoms with Crippen molar-refractivity contribution >= 4 is 17.2 Å². The highest BCUT2D eigenvalue weighted by atomic mass is 32.1. The topological polar surface area (TPSA) is 86.2 Å². The molecule has 2 aromatic rings. The van der Waals surface area contributed by atoms with Crippen molar-refractivity contribution in [2.45, 2.75) is 44.8 Å². The number of ether oxygens (including phenoxy) is 2. The standard InChI is InChI=1S/C16H20N4O3S/c1-10-15(24-9-18-10)16(21)19-11-3-5-12(6-4-11)23-14-8-17-7-13(20-14)22-2/h7-9,11-12H,3-6H2,1-2H3,(H,19,21). The lowest BCUT2D eigenvalue weighted by Gasteiger charge is -2.29. The van der Waals surface area contributed by atoms with Gasteiger partial charge < -0.3 is 14.8 Å². The van der Waals surface area contributed by atoms with Crippen LogP contribution in [0.3, 0.4) is 0 Å². The van der Waals surface area contributed by atoms with E-state index in [0.717, 1.165) is 31.4 Å². The average Bonchev–Trinajstić information content (AvgIpc) is 3.03. The molecule has 0 unspecified atom stereocenters. The molecule has 2 heterocycles. The second-order valence-electron chi connectivity index (χ2n) is 5.73. The molecule has 1 amide bonds. The normalized spacial score (nSPS) is 20.4. The Bertz CT molecular complexity index is 698. The van der Waals surface area contributed by atoms with Gasteiger partial charge >= 0.3 is 0 Å². The molecule has 2 aromatic heterocycles. The van der Waals surface area contributed by atoms with E-state index in [2.05, 4.69) is 20.3 Å². The zero-order valence-electron chi connectivity index (χ0n) is 13.7. The number of amides is 1. The van der Waals surface area contributed by atoms with Crippen molar-refractivity contribution in [1.29, 1.82) is 0 Å². The summed E-state index contributed by atoms with van der Waals surface area (Å²) in [5.74, 6) is 0.883. The maximum absolute atomic E-state index is 12.2. The molecule has 1 saturated carbocycles. The van der Waals surface area contributed by atoms with Crippen molar-refractivity contribution in [3.8, 4) is 11.8 Å². The number of aryl methyl sites for hydroxylation is 1. The number of thiazole rings is 1. The van der Waals surface area contributed by atoms with E-state index in [1.54, 1.807) is 25.0 Å². The van der Waals surface area contributed by atoms with Crippen molar-refractivity contribution in [1.82, 2.24) is 20.3 Å². The number of hydrogen-bond donors (Lipinski definition) is 1. The van der Waals surface area contributed by atoms with Crippen LogP contribution in [0.1, 0.15) is 41.0 Å². The quantitative estimate of drug-likeness (QED) is 0.893. The SMILES string of the molecule is COc1cncc(OC2CCC(NC(=O)c3scnc3C)CC2)n1. The minimum Gasteiger partial charge on any atom is -0.480 e. The van der Waals surface area contributed by atoms with E-state index in [-0.39, 0.29) is 18.1 Å². The largest absolute Gasteiger partial charge is 0.480 e. The van der Waals surface area contributed by atoms with Gasteiger partial charge in [-0.25, -0.2) is 4.98 Å². The number of methoxy groups -OCH3 is 1. The van der Waals surface area contributed by atoms with Gasteiger partial charge in [-0.2, -0.15) is 4.98 Å². The molecule has 7 nitrogen and oxygen atoms in total. The predicted octanol–water partition coefficient (Wildman–Crippen LogP) is 2.37. The van der Waals surface area contributed by atoms with Crippen molar-refractivity contribution in [3.05, 3.63) is 28.5 Å². The molecule has 0 aliphatic heterocycles. The Labute approximate surface area is 144 Å². The van der Waals surface area contributed by atoms with Gasteiger partial charge in [-0.15, -0.1) is 11.3 Å². The Morgan fingerprint density at radius 3 is 2.67 bits per heavy atom. The van der Waals surface area contributed by atoms with Gasteiger partial charge in [-0.05, 0) is 32.6 Å². The van der Waals surface area contributed by atoms with E-state index in [9.17, 15) is 4.79 Å². The predicted molar refractivity (Wildman–Crippen MR) is 89.6 cm³/mol. The molecule has 0 spiro atoms. The molecule has 1 N–H and O–H groups in total. The van der Waals surface area contributed by atoms with Crippen LogP contribution in [0, 0.1) is 6.92 Å². The maximum Gasteiger partial charge on any atom is 0.263 e. The van der Waals surface area contributed by atoms with Crippen LogP contribution in [0.15, 0.2) is 17.9 Å². The third-order valence-electron chi connectivity index (χ3n) is 4.05. The Morgan fingerprint density at radius 2 is 2.00 bits per heavy atom. The van der Waals surface area contributed by atoms with Gasteiger partial charge in [-0.1, -0.05) is 0 Å². The summed E-state index contributed by atoms with van der Waals surface area (Å²) in [5.41, 5.74) is 2.48. The van der Waals surface area contributed by atoms with Gasteiger partial charge in [0, 0.05) is 6.04 Å². The van der Waals surface area contributed by atoms with Gasteiger partial charge in [0.05, 0.1) is 30.7 Å². The number of carbonyl (C=O) groups excluding carboxylic acids is 1. The van der Waals surface area contributed by atoms with Crippen LogP contribution >= 0.6 is 11.3 Å². The molecule has 0 bridgehead atoms. The molecule has 1 aliphatic carbocycles. The number of nitrogens with one attached hydrogen (secondary N) is 1. The first-order chi connectivity index (χ1) is 11.7. The van der Waals surface area contributed by atoms with E-state index < -0.39 is 0 Å². The highest BCUT2D eigenvalue weighted by Gasteiger charge is 2.25. The fourth-order valence-electron chi connectivity index (χ4n) is 2.75. The molecular formula is C16H20N4O3S. The molecule has 0 saturated heterocycles. The lowest BCUT2D eigenvalue weighted by molar-refractivity contribution is 0.0892. The van der Waals surface area contributed by atoms with Crippen LogP contribution < -0.4 is 14.8 Å². The summed E-state index contributed by atoms with van der Waals surface area (Å²) >= 11 is 1.38. The fraction of sp³-hybridized carbons (Fsp3) is 0.500. The van der Waals surface area contributed by atoms with Crippen LogP contribution in [-0.4, -0.2) is 40.1 Å². The van der Waals surface area contributed by atoms with E-state index in [1.807, 2.05) is 6.92 Å². The highest BCUT2D eigenvalue weighted by molar-refractivity contribution is 7.11. The summed E-state index contributed by atoms with van der Waals surface area (Å²) in [4.78, 5) is 25.3. The van der Waals surface area contributed by atoms with Crippen LogP contribution in [0.2, 0.25) is 0 Å². The minimum atomic E-state index is -0.0296. The lowest BCUT2D eigenvalue weighted by Crippen LogP contribution is -2.39. The van der Waals surface area contributed by atoms with Gasteiger partial charge in [0.25, 0.3) is 5.91 Å². The van der Waals surface area contributed by atoms with Crippen molar-refractivity contribution in [2.75, 3.05) is 7.11 Å². The molecule has 0 aromatic carbocycles. The zero-order chi connectivity index (χ0) is 16.9. The molecule has 1 fully saturated rings. The highest BCUT2D eigenvalue weighted by Crippen LogP contribution is 2.24. The van der Waals surface area contributed by atoms with Crippen LogP contribution in [-0.2, 0) is 0 Å². The second kappa shape index (κ2) is 7.57. The number of nitrogens with zero attached hydrogens (tertiary/aromatic N) is 3. The second-order valence-corrected chi connectivity index (χ2v) is 6.59. The fourth-order valence-corrected chi connectivity index (χ4v) is 3.46. The Hall–Kier alpha value is -2.22. The zero-order valence-corrected chi connectivity index (χ0v) is 14.5. The van der Waals surface area contributed by atoms with Crippen LogP contribution in [0.25, 0.3) is 0 Å². The summed E-state index contributed by atoms with van der Waals surface area (Å²) in [6.07, 6.45) is 6.71. The van der Waals surface area contributed by atoms with Gasteiger partial charge in [0.15, 0.2) is 0 Å². The summed E-state index contributed by atoms with van der Waals surface area (Å²) in [5, 5.41) is 3.09. The molecule has 0 atom stereocenters. The Kier molecular flexibility index (Phi) is 5.24. The van der Waals surface area contributed by atoms with Crippen molar-refractivity contribution < 1.29 is 14.3 Å². The molecule has 24 heavy (non-hydrogen) atoms. The molecule has 128 valence electrons. The lowest BCUT2D eigenvalue weighted by atomic mass is 9.93. The smallest absolute Gasteiger partial charge is 0.263 e. The van der Waals surface area contributed by atoms with Crippen molar-refractivity contribution in [3.63, 3.8) is 0 Å². The Balaban J connectivity index is 1.49. The number of rotatable bonds is 5. The minimum absolute atomic E-state index is 0.0296. The van der Waals surface area contributed by atoms with Crippen LogP contribution in [0.4, 0.5) is 0 Å². The maximum atomic E-state index is 12.2. The summed E-state index contributed by atoms with van der Waals surface area (Å²) in [6, 6.07) is 0.176. The van der Waals surface area contributed by atoms with E-state index in [4.69, 9.17) is 9.47 Å². The first-order valence-electron chi connectivity index (χ1n) is 7.89. The van der Waals surface area contributed by atoms with Gasteiger partial charge in [0.1, 0.15) is 11.0 Å². The first kappa shape index (κ1) is 16.6. The third kappa shape index (κ3) is 4.00. The average molecular weight is 348 g/mol. The van der Waals surface area contributed by atoms with E-state index in [0.29, 0.717) is 16.6 Å². The van der Waals surface area contributed by atoms with Crippen molar-refractivity contribution in [2.24, 2.45) is 0 Å². The number of hydrogen-bond acceptors (Lipinski definition) is 7. The molecule has 3 rings (SSSR count). The molecule has 0 radical (unpaired) electrons. The third-order valence-corrected chi connectivity index (χ3v) is 4.98. The van der Waals surface area contributed by atoms with Gasteiger partial charge in [-0.3, -0.25) is 9.78 Å². The summed E-state index contributed by atoms with van der Waals surface area (Å²) < 4.78 is 10.9. The number of aromatic nitrogens is 3. The summed E-state index contributed by atoms with van der Waals surface area (Å²) in [7, 11) is 1.55. The van der Waals surface area contributed by atoms with E-state index >= 15 is 0 Å². The molecule has 1 aliphatic rings. The van der Waals surface area contributed by atoms with E-state index in [1.165, 1.54) is 11.3 Å². The van der Waals surface area contributed by atoms with Crippen LogP contribution in [0.5, 0.6) is 11.8 Å². The molecular weight excluding hydrogens is 328 g/mol. The monoisotopic (exact) mass is 348 g/mol. The Morgan fingerprint density at radius 1 is 1.25 bits per heavy atom. The molecule has 8 heteroatoms. The number of carbonyl (C=O) groups is 1. The van der Waals surface area contributed by atoms with Gasteiger partial charge in [0.2, 0.25) is 11.8 Å². The first-order valence-corrected chi connectivity index (χ1v) is 8.77.